The number of hydrogen-bond acceptors (Lipinski definition) is 5. The number of amides is 2. The number of aromatic nitrogens is 2. The van der Waals surface area contributed by atoms with Crippen molar-refractivity contribution in [2.75, 3.05) is 17.2 Å². The third-order valence-corrected chi connectivity index (χ3v) is 5.91. The molecule has 8 heteroatoms. The summed E-state index contributed by atoms with van der Waals surface area (Å²) < 4.78 is 7.34. The number of carbonyl (C=O) groups is 2. The summed E-state index contributed by atoms with van der Waals surface area (Å²) in [6, 6.07) is 23.5. The number of benzene rings is 3. The molecule has 3 aromatic carbocycles. The molecule has 8 nitrogen and oxygen atoms in total. The van der Waals surface area contributed by atoms with Crippen molar-refractivity contribution >= 4 is 34.1 Å². The number of hydrogen-bond donors (Lipinski definition) is 2. The topological polar surface area (TPSA) is 102 Å². The molecule has 2 amide bonds. The molecule has 1 saturated carbocycles. The number of anilines is 2. The Morgan fingerprint density at radius 3 is 2.42 bits per heavy atom. The molecule has 1 aromatic heterocycles. The molecular weight excluding hydrogens is 456 g/mol. The van der Waals surface area contributed by atoms with Gasteiger partial charge in [-0.1, -0.05) is 36.4 Å². The van der Waals surface area contributed by atoms with Crippen molar-refractivity contribution in [1.29, 1.82) is 0 Å². The first-order chi connectivity index (χ1) is 17.6. The van der Waals surface area contributed by atoms with Gasteiger partial charge in [0.15, 0.2) is 6.61 Å². The number of fused-ring (bicyclic) bond motifs is 1. The summed E-state index contributed by atoms with van der Waals surface area (Å²) in [6.45, 7) is -0.154. The van der Waals surface area contributed by atoms with Crippen LogP contribution in [0.5, 0.6) is 5.75 Å². The first-order valence-electron chi connectivity index (χ1n) is 11.9. The Morgan fingerprint density at radius 2 is 1.61 bits per heavy atom. The van der Waals surface area contributed by atoms with E-state index in [1.165, 1.54) is 0 Å². The second-order valence-electron chi connectivity index (χ2n) is 8.73. The minimum Gasteiger partial charge on any atom is -0.484 e. The van der Waals surface area contributed by atoms with E-state index in [0.717, 1.165) is 12.8 Å². The van der Waals surface area contributed by atoms with Crippen LogP contribution in [0.2, 0.25) is 0 Å². The molecule has 0 saturated heterocycles. The zero-order valence-corrected chi connectivity index (χ0v) is 19.6. The molecule has 0 atom stereocenters. The number of rotatable bonds is 9. The molecule has 1 heterocycles. The highest BCUT2D eigenvalue weighted by Gasteiger charge is 2.28. The largest absolute Gasteiger partial charge is 0.484 e. The predicted octanol–water partition coefficient (Wildman–Crippen LogP) is 4.32. The second kappa shape index (κ2) is 10.4. The van der Waals surface area contributed by atoms with E-state index in [1.807, 2.05) is 36.4 Å². The Bertz CT molecular complexity index is 1460. The van der Waals surface area contributed by atoms with Gasteiger partial charge >= 0.3 is 0 Å². The lowest BCUT2D eigenvalue weighted by atomic mass is 10.2. The van der Waals surface area contributed by atoms with E-state index < -0.39 is 0 Å². The third-order valence-electron chi connectivity index (χ3n) is 5.91. The van der Waals surface area contributed by atoms with Crippen LogP contribution in [-0.4, -0.2) is 28.0 Å². The summed E-state index contributed by atoms with van der Waals surface area (Å²) >= 11 is 0. The molecule has 4 aromatic rings. The van der Waals surface area contributed by atoms with Crippen LogP contribution in [0.1, 0.15) is 31.1 Å². The van der Waals surface area contributed by atoms with Gasteiger partial charge in [0.25, 0.3) is 11.5 Å². The summed E-state index contributed by atoms with van der Waals surface area (Å²) in [5.41, 5.74) is 1.86. The Morgan fingerprint density at radius 1 is 0.889 bits per heavy atom. The van der Waals surface area contributed by atoms with E-state index in [4.69, 9.17) is 4.74 Å². The lowest BCUT2D eigenvalue weighted by molar-refractivity contribution is -0.118. The molecular formula is C28H26N4O4. The van der Waals surface area contributed by atoms with Crippen LogP contribution < -0.4 is 20.9 Å². The van der Waals surface area contributed by atoms with Gasteiger partial charge in [-0.15, -0.1) is 0 Å². The maximum absolute atomic E-state index is 13.0. The fraction of sp³-hybridized carbons (Fsp3) is 0.214. The maximum Gasteiger partial charge on any atom is 0.262 e. The lowest BCUT2D eigenvalue weighted by Gasteiger charge is -2.13. The predicted molar refractivity (Wildman–Crippen MR) is 138 cm³/mol. The van der Waals surface area contributed by atoms with Crippen LogP contribution >= 0.6 is 0 Å². The SMILES string of the molecule is O=C(CCc1nc2ccccc2c(=O)n1C1CC1)Nc1cccc(OCC(=O)Nc2ccccc2)c1. The van der Waals surface area contributed by atoms with Gasteiger partial charge in [0.05, 0.1) is 10.9 Å². The molecule has 0 radical (unpaired) electrons. The molecule has 0 aliphatic heterocycles. The van der Waals surface area contributed by atoms with Crippen LogP contribution in [-0.2, 0) is 16.0 Å². The molecule has 36 heavy (non-hydrogen) atoms. The van der Waals surface area contributed by atoms with Gasteiger partial charge in [-0.25, -0.2) is 4.98 Å². The monoisotopic (exact) mass is 482 g/mol. The summed E-state index contributed by atoms with van der Waals surface area (Å²) in [4.78, 5) is 42.5. The smallest absolute Gasteiger partial charge is 0.262 e. The van der Waals surface area contributed by atoms with Crippen molar-refractivity contribution in [1.82, 2.24) is 9.55 Å². The number of carbonyl (C=O) groups excluding carboxylic acids is 2. The van der Waals surface area contributed by atoms with Gasteiger partial charge in [-0.3, -0.25) is 19.0 Å². The van der Waals surface area contributed by atoms with E-state index in [9.17, 15) is 14.4 Å². The van der Waals surface area contributed by atoms with Crippen LogP contribution in [0.4, 0.5) is 11.4 Å². The summed E-state index contributed by atoms with van der Waals surface area (Å²) in [7, 11) is 0. The van der Waals surface area contributed by atoms with Crippen molar-refractivity contribution in [2.24, 2.45) is 0 Å². The van der Waals surface area contributed by atoms with E-state index >= 15 is 0 Å². The van der Waals surface area contributed by atoms with Gasteiger partial charge in [0.1, 0.15) is 11.6 Å². The summed E-state index contributed by atoms with van der Waals surface area (Å²) in [5, 5.41) is 6.22. The highest BCUT2D eigenvalue weighted by atomic mass is 16.5. The van der Waals surface area contributed by atoms with Crippen molar-refractivity contribution < 1.29 is 14.3 Å². The zero-order valence-electron chi connectivity index (χ0n) is 19.6. The van der Waals surface area contributed by atoms with Crippen LogP contribution in [0, 0.1) is 0 Å². The Labute approximate surface area is 207 Å². The highest BCUT2D eigenvalue weighted by molar-refractivity contribution is 5.92. The van der Waals surface area contributed by atoms with Crippen molar-refractivity contribution in [2.45, 2.75) is 31.7 Å². The molecule has 182 valence electrons. The highest BCUT2D eigenvalue weighted by Crippen LogP contribution is 2.35. The summed E-state index contributed by atoms with van der Waals surface area (Å²) in [5.74, 6) is 0.631. The second-order valence-corrected chi connectivity index (χ2v) is 8.73. The summed E-state index contributed by atoms with van der Waals surface area (Å²) in [6.07, 6.45) is 2.45. The first kappa shape index (κ1) is 23.3. The molecule has 1 aliphatic rings. The lowest BCUT2D eigenvalue weighted by Crippen LogP contribution is -2.25. The van der Waals surface area contributed by atoms with Crippen LogP contribution in [0.25, 0.3) is 10.9 Å². The van der Waals surface area contributed by atoms with Crippen LogP contribution in [0.3, 0.4) is 0 Å². The van der Waals surface area contributed by atoms with Gasteiger partial charge in [-0.05, 0) is 49.2 Å². The Balaban J connectivity index is 1.19. The van der Waals surface area contributed by atoms with E-state index in [0.29, 0.717) is 40.3 Å². The van der Waals surface area contributed by atoms with E-state index in [2.05, 4.69) is 15.6 Å². The number of nitrogens with one attached hydrogen (secondary N) is 2. The minimum atomic E-state index is -0.278. The third kappa shape index (κ3) is 5.60. The van der Waals surface area contributed by atoms with Crippen LogP contribution in [0.15, 0.2) is 83.7 Å². The van der Waals surface area contributed by atoms with Crippen molar-refractivity contribution in [3.05, 3.63) is 95.0 Å². The standard InChI is InChI=1S/C28H26N4O4/c33-26(16-15-25-31-24-12-5-4-11-23(24)28(35)32(25)21-13-14-21)30-20-9-6-10-22(17-20)36-18-27(34)29-19-7-2-1-3-8-19/h1-12,17,21H,13-16,18H2,(H,29,34)(H,30,33). The average molecular weight is 483 g/mol. The van der Waals surface area contributed by atoms with Gasteiger partial charge in [-0.2, -0.15) is 0 Å². The molecule has 5 rings (SSSR count). The zero-order chi connectivity index (χ0) is 24.9. The Hall–Kier alpha value is -4.46. The number of nitrogens with zero attached hydrogens (tertiary/aromatic N) is 2. The molecule has 0 spiro atoms. The average Bonchev–Trinajstić information content (AvgIpc) is 3.72. The number of aryl methyl sites for hydroxylation is 1. The molecule has 1 aliphatic carbocycles. The molecule has 0 unspecified atom stereocenters. The molecule has 0 bridgehead atoms. The molecule has 1 fully saturated rings. The number of para-hydroxylation sites is 2. The minimum absolute atomic E-state index is 0.0420. The van der Waals surface area contributed by atoms with E-state index in [1.54, 1.807) is 47.0 Å². The molecule has 2 N–H and O–H groups in total. The first-order valence-corrected chi connectivity index (χ1v) is 11.9. The fourth-order valence-electron chi connectivity index (χ4n) is 4.06. The van der Waals surface area contributed by atoms with Gasteiger partial charge in [0, 0.05) is 36.3 Å². The normalized spacial score (nSPS) is 12.8. The van der Waals surface area contributed by atoms with Crippen molar-refractivity contribution in [3.63, 3.8) is 0 Å². The Kier molecular flexibility index (Phi) is 6.75. The van der Waals surface area contributed by atoms with Gasteiger partial charge in [0.2, 0.25) is 5.91 Å². The maximum atomic E-state index is 13.0. The quantitative estimate of drug-likeness (QED) is 0.370. The number of ether oxygens (including phenoxy) is 1. The van der Waals surface area contributed by atoms with E-state index in [-0.39, 0.29) is 36.4 Å². The van der Waals surface area contributed by atoms with Gasteiger partial charge < -0.3 is 15.4 Å². The van der Waals surface area contributed by atoms with Crippen molar-refractivity contribution in [3.8, 4) is 5.75 Å². The fourth-order valence-corrected chi connectivity index (χ4v) is 4.06.